The first-order valence-corrected chi connectivity index (χ1v) is 6.20. The Morgan fingerprint density at radius 3 is 2.63 bits per heavy atom. The second kappa shape index (κ2) is 8.28. The van der Waals surface area contributed by atoms with Crippen molar-refractivity contribution in [1.82, 2.24) is 0 Å². The van der Waals surface area contributed by atoms with E-state index < -0.39 is 0 Å². The molecule has 19 heavy (non-hydrogen) atoms. The summed E-state index contributed by atoms with van der Waals surface area (Å²) in [4.78, 5) is 0. The summed E-state index contributed by atoms with van der Waals surface area (Å²) in [6.45, 7) is 3.19. The van der Waals surface area contributed by atoms with Gasteiger partial charge >= 0.3 is 0 Å². The van der Waals surface area contributed by atoms with E-state index in [4.69, 9.17) is 10.00 Å². The van der Waals surface area contributed by atoms with Crippen LogP contribution in [0.15, 0.2) is 29.8 Å². The van der Waals surface area contributed by atoms with E-state index in [1.807, 2.05) is 19.1 Å². The molecule has 0 bridgehead atoms. The summed E-state index contributed by atoms with van der Waals surface area (Å²) >= 11 is 0. The Balaban J connectivity index is 0.000000399. The van der Waals surface area contributed by atoms with Crippen molar-refractivity contribution < 1.29 is 13.9 Å². The van der Waals surface area contributed by atoms with E-state index in [2.05, 4.69) is 4.74 Å². The number of allylic oxidation sites excluding steroid dienone is 1. The van der Waals surface area contributed by atoms with Gasteiger partial charge in [0.05, 0.1) is 5.56 Å². The van der Waals surface area contributed by atoms with Crippen LogP contribution in [0.25, 0.3) is 0 Å². The molecule has 2 rings (SSSR count). The SMILES string of the molecule is CCOC.N#Cc1ccc(F)cc1OCC=C1CC1. The minimum absolute atomic E-state index is 0.315. The van der Waals surface area contributed by atoms with Crippen LogP contribution >= 0.6 is 0 Å². The van der Waals surface area contributed by atoms with Gasteiger partial charge in [-0.1, -0.05) is 5.57 Å². The number of nitrogens with zero attached hydrogens (tertiary/aromatic N) is 1. The summed E-state index contributed by atoms with van der Waals surface area (Å²) in [5.74, 6) is -0.0712. The fraction of sp³-hybridized carbons (Fsp3) is 0.400. The summed E-state index contributed by atoms with van der Waals surface area (Å²) in [6, 6.07) is 5.88. The van der Waals surface area contributed by atoms with E-state index in [9.17, 15) is 4.39 Å². The van der Waals surface area contributed by atoms with Crippen molar-refractivity contribution in [2.75, 3.05) is 20.3 Å². The fourth-order valence-electron chi connectivity index (χ4n) is 1.23. The molecule has 0 N–H and O–H groups in total. The minimum atomic E-state index is -0.386. The van der Waals surface area contributed by atoms with Gasteiger partial charge in [0.25, 0.3) is 0 Å². The summed E-state index contributed by atoms with van der Waals surface area (Å²) in [6.07, 6.45) is 4.25. The molecule has 3 nitrogen and oxygen atoms in total. The number of nitriles is 1. The highest BCUT2D eigenvalue weighted by molar-refractivity contribution is 5.43. The van der Waals surface area contributed by atoms with E-state index in [0.717, 1.165) is 19.4 Å². The molecule has 1 aromatic rings. The number of rotatable bonds is 4. The van der Waals surface area contributed by atoms with Crippen LogP contribution in [0.3, 0.4) is 0 Å². The van der Waals surface area contributed by atoms with Gasteiger partial charge in [0, 0.05) is 19.8 Å². The molecule has 1 aliphatic carbocycles. The molecular formula is C15H18FNO2. The quantitative estimate of drug-likeness (QED) is 0.781. The zero-order chi connectivity index (χ0) is 14.1. The lowest BCUT2D eigenvalue weighted by Crippen LogP contribution is -1.96. The molecule has 102 valence electrons. The molecule has 1 aromatic carbocycles. The van der Waals surface area contributed by atoms with Gasteiger partial charge in [0.1, 0.15) is 24.2 Å². The van der Waals surface area contributed by atoms with Crippen molar-refractivity contribution in [3.63, 3.8) is 0 Å². The molecule has 0 unspecified atom stereocenters. The maximum Gasteiger partial charge on any atom is 0.140 e. The molecule has 0 radical (unpaired) electrons. The third kappa shape index (κ3) is 6.03. The molecular weight excluding hydrogens is 245 g/mol. The predicted molar refractivity (Wildman–Crippen MR) is 71.5 cm³/mol. The number of ether oxygens (including phenoxy) is 2. The molecule has 1 aliphatic rings. The second-order valence-electron chi connectivity index (χ2n) is 4.00. The summed E-state index contributed by atoms with van der Waals surface area (Å²) in [7, 11) is 1.68. The Bertz CT molecular complexity index is 470. The van der Waals surface area contributed by atoms with Crippen LogP contribution in [-0.4, -0.2) is 20.3 Å². The molecule has 1 fully saturated rings. The zero-order valence-corrected chi connectivity index (χ0v) is 11.3. The molecule has 0 amide bonds. The van der Waals surface area contributed by atoms with Gasteiger partial charge in [-0.3, -0.25) is 0 Å². The van der Waals surface area contributed by atoms with Crippen LogP contribution in [0.5, 0.6) is 5.75 Å². The van der Waals surface area contributed by atoms with Crippen LogP contribution in [0.4, 0.5) is 4.39 Å². The topological polar surface area (TPSA) is 42.2 Å². The van der Waals surface area contributed by atoms with Crippen LogP contribution < -0.4 is 4.74 Å². The molecule has 0 spiro atoms. The summed E-state index contributed by atoms with van der Waals surface area (Å²) in [5.41, 5.74) is 1.73. The smallest absolute Gasteiger partial charge is 0.140 e. The van der Waals surface area contributed by atoms with Gasteiger partial charge < -0.3 is 9.47 Å². The first-order chi connectivity index (χ1) is 9.21. The average molecular weight is 263 g/mol. The van der Waals surface area contributed by atoms with Gasteiger partial charge in [-0.2, -0.15) is 5.26 Å². The van der Waals surface area contributed by atoms with E-state index >= 15 is 0 Å². The van der Waals surface area contributed by atoms with Crippen LogP contribution in [0.1, 0.15) is 25.3 Å². The van der Waals surface area contributed by atoms with Crippen molar-refractivity contribution in [3.8, 4) is 11.8 Å². The van der Waals surface area contributed by atoms with Gasteiger partial charge in [0.2, 0.25) is 0 Å². The summed E-state index contributed by atoms with van der Waals surface area (Å²) < 4.78 is 22.7. The highest BCUT2D eigenvalue weighted by Gasteiger charge is 2.10. The molecule has 0 saturated heterocycles. The van der Waals surface area contributed by atoms with E-state index in [0.29, 0.717) is 17.9 Å². The Hall–Kier alpha value is -1.86. The third-order valence-corrected chi connectivity index (χ3v) is 2.50. The predicted octanol–water partition coefficient (Wildman–Crippen LogP) is 3.45. The lowest BCUT2D eigenvalue weighted by Gasteiger charge is -2.04. The first-order valence-electron chi connectivity index (χ1n) is 6.20. The lowest BCUT2D eigenvalue weighted by molar-refractivity contribution is 0.215. The first kappa shape index (κ1) is 15.2. The Morgan fingerprint density at radius 2 is 2.11 bits per heavy atom. The van der Waals surface area contributed by atoms with Crippen molar-refractivity contribution in [1.29, 1.82) is 5.26 Å². The van der Waals surface area contributed by atoms with Crippen LogP contribution in [0, 0.1) is 17.1 Å². The van der Waals surface area contributed by atoms with Crippen molar-refractivity contribution in [2.24, 2.45) is 0 Å². The van der Waals surface area contributed by atoms with Gasteiger partial charge in [-0.15, -0.1) is 0 Å². The number of hydrogen-bond donors (Lipinski definition) is 0. The minimum Gasteiger partial charge on any atom is -0.488 e. The zero-order valence-electron chi connectivity index (χ0n) is 11.3. The van der Waals surface area contributed by atoms with E-state index in [1.54, 1.807) is 7.11 Å². The van der Waals surface area contributed by atoms with Gasteiger partial charge in [0.15, 0.2) is 0 Å². The number of hydrogen-bond acceptors (Lipinski definition) is 3. The van der Waals surface area contributed by atoms with Gasteiger partial charge in [-0.05, 0) is 38.0 Å². The molecule has 0 heterocycles. The highest BCUT2D eigenvalue weighted by Crippen LogP contribution is 2.27. The molecule has 0 aliphatic heterocycles. The molecule has 1 saturated carbocycles. The average Bonchev–Trinajstić information content (AvgIpc) is 3.23. The number of benzene rings is 1. The largest absolute Gasteiger partial charge is 0.488 e. The van der Waals surface area contributed by atoms with Gasteiger partial charge in [-0.25, -0.2) is 4.39 Å². The normalized spacial score (nSPS) is 12.0. The fourth-order valence-corrected chi connectivity index (χ4v) is 1.23. The molecule has 4 heteroatoms. The standard InChI is InChI=1S/C12H10FNO.C3H8O/c13-11-4-3-10(8-14)12(7-11)15-6-5-9-1-2-9;1-3-4-2/h3-5,7H,1-2,6H2;3H2,1-2H3. The van der Waals surface area contributed by atoms with Crippen molar-refractivity contribution >= 4 is 0 Å². The molecule has 0 atom stereocenters. The van der Waals surface area contributed by atoms with Crippen molar-refractivity contribution in [3.05, 3.63) is 41.2 Å². The monoisotopic (exact) mass is 263 g/mol. The summed E-state index contributed by atoms with van der Waals surface area (Å²) in [5, 5.41) is 8.76. The Labute approximate surface area is 113 Å². The van der Waals surface area contributed by atoms with Crippen LogP contribution in [0.2, 0.25) is 0 Å². The number of halogens is 1. The second-order valence-corrected chi connectivity index (χ2v) is 4.00. The Morgan fingerprint density at radius 1 is 1.42 bits per heavy atom. The Kier molecular flexibility index (Phi) is 6.62. The van der Waals surface area contributed by atoms with E-state index in [-0.39, 0.29) is 5.82 Å². The maximum atomic E-state index is 12.9. The van der Waals surface area contributed by atoms with Crippen molar-refractivity contribution in [2.45, 2.75) is 19.8 Å². The number of methoxy groups -OCH3 is 1. The highest BCUT2D eigenvalue weighted by atomic mass is 19.1. The molecule has 0 aromatic heterocycles. The third-order valence-electron chi connectivity index (χ3n) is 2.50. The maximum absolute atomic E-state index is 12.9. The lowest BCUT2D eigenvalue weighted by atomic mass is 10.2. The van der Waals surface area contributed by atoms with Crippen LogP contribution in [-0.2, 0) is 4.74 Å². The van der Waals surface area contributed by atoms with E-state index in [1.165, 1.54) is 23.8 Å².